The summed E-state index contributed by atoms with van der Waals surface area (Å²) < 4.78 is 5.49. The fourth-order valence-electron chi connectivity index (χ4n) is 1.32. The van der Waals surface area contributed by atoms with Gasteiger partial charge in [-0.05, 0) is 0 Å². The van der Waals surface area contributed by atoms with Crippen molar-refractivity contribution in [2.45, 2.75) is 64.9 Å². The van der Waals surface area contributed by atoms with Crippen LogP contribution in [0.25, 0.3) is 0 Å². The van der Waals surface area contributed by atoms with Gasteiger partial charge in [-0.15, -0.1) is 0 Å². The predicted molar refractivity (Wildman–Crippen MR) is 54.3 cm³/mol. The van der Waals surface area contributed by atoms with Crippen molar-refractivity contribution in [3.05, 3.63) is 0 Å². The van der Waals surface area contributed by atoms with E-state index in [2.05, 4.69) is 13.8 Å². The molecule has 2 heteroatoms. The first-order valence-electron chi connectivity index (χ1n) is 5.17. The molecule has 12 heavy (non-hydrogen) atoms. The predicted octanol–water partition coefficient (Wildman–Crippen LogP) is 3.23. The first kappa shape index (κ1) is 12.8. The van der Waals surface area contributed by atoms with Gasteiger partial charge in [-0.2, -0.15) is 0 Å². The van der Waals surface area contributed by atoms with E-state index in [9.17, 15) is 0 Å². The standard InChI is InChI=1S/C10H21O.Sn/c1-3-5-7-9-10(11)8-6-4-2;/h10H,3-9H2,1-2H3;/q-1;+1. The summed E-state index contributed by atoms with van der Waals surface area (Å²) in [4.78, 5) is 0. The van der Waals surface area contributed by atoms with Crippen molar-refractivity contribution in [3.8, 4) is 0 Å². The van der Waals surface area contributed by atoms with Crippen molar-refractivity contribution >= 4 is 22.9 Å². The zero-order valence-corrected chi connectivity index (χ0v) is 11.3. The van der Waals surface area contributed by atoms with E-state index < -0.39 is 0 Å². The van der Waals surface area contributed by atoms with Crippen LogP contribution in [0.3, 0.4) is 0 Å². The van der Waals surface area contributed by atoms with Gasteiger partial charge in [0.25, 0.3) is 0 Å². The van der Waals surface area contributed by atoms with E-state index >= 15 is 0 Å². The fourth-order valence-corrected chi connectivity index (χ4v) is 1.99. The Balaban J connectivity index is 3.26. The van der Waals surface area contributed by atoms with Gasteiger partial charge in [-0.3, -0.25) is 0 Å². The molecule has 0 saturated carbocycles. The van der Waals surface area contributed by atoms with E-state index in [0.29, 0.717) is 6.10 Å². The third-order valence-electron chi connectivity index (χ3n) is 2.18. The number of hydrogen-bond acceptors (Lipinski definition) is 1. The van der Waals surface area contributed by atoms with Gasteiger partial charge in [0.15, 0.2) is 0 Å². The van der Waals surface area contributed by atoms with Crippen LogP contribution in [-0.2, 0) is 3.07 Å². The molecular weight excluding hydrogens is 255 g/mol. The number of hydrogen-bond donors (Lipinski definition) is 0. The van der Waals surface area contributed by atoms with Gasteiger partial charge in [-0.25, -0.2) is 0 Å². The number of rotatable bonds is 8. The van der Waals surface area contributed by atoms with Gasteiger partial charge >= 0.3 is 90.9 Å². The van der Waals surface area contributed by atoms with E-state index in [1.54, 1.807) is 0 Å². The molecule has 0 aromatic heterocycles. The molecule has 1 atom stereocenters. The molecule has 0 amide bonds. The van der Waals surface area contributed by atoms with Crippen LogP contribution in [0.1, 0.15) is 58.8 Å². The molecule has 1 nitrogen and oxygen atoms in total. The Morgan fingerprint density at radius 3 is 2.08 bits per heavy atom. The van der Waals surface area contributed by atoms with Gasteiger partial charge in [0.05, 0.1) is 0 Å². The van der Waals surface area contributed by atoms with Gasteiger partial charge in [-0.1, -0.05) is 0 Å². The maximum absolute atomic E-state index is 5.49. The Morgan fingerprint density at radius 1 is 1.00 bits per heavy atom. The van der Waals surface area contributed by atoms with Crippen molar-refractivity contribution in [2.24, 2.45) is 0 Å². The molecule has 1 unspecified atom stereocenters. The maximum atomic E-state index is 5.49. The molecule has 0 aromatic rings. The van der Waals surface area contributed by atoms with Crippen molar-refractivity contribution in [3.63, 3.8) is 0 Å². The average molecular weight is 276 g/mol. The zero-order valence-electron chi connectivity index (χ0n) is 8.44. The quantitative estimate of drug-likeness (QED) is 0.488. The van der Waals surface area contributed by atoms with E-state index in [-0.39, 0.29) is 0 Å². The third-order valence-corrected chi connectivity index (χ3v) is 3.13. The Morgan fingerprint density at radius 2 is 1.58 bits per heavy atom. The second kappa shape index (κ2) is 9.84. The third kappa shape index (κ3) is 7.41. The van der Waals surface area contributed by atoms with Crippen LogP contribution in [0.15, 0.2) is 0 Å². The van der Waals surface area contributed by atoms with Crippen molar-refractivity contribution in [1.29, 1.82) is 0 Å². The number of unbranched alkanes of at least 4 members (excludes halogenated alkanes) is 3. The molecular formula is C10H21OSn. The van der Waals surface area contributed by atoms with Crippen molar-refractivity contribution in [2.75, 3.05) is 0 Å². The molecule has 0 saturated heterocycles. The van der Waals surface area contributed by atoms with E-state index in [0.717, 1.165) is 0 Å². The molecule has 0 bridgehead atoms. The van der Waals surface area contributed by atoms with Crippen molar-refractivity contribution < 1.29 is 3.07 Å². The molecule has 0 N–H and O–H groups in total. The van der Waals surface area contributed by atoms with Gasteiger partial charge < -0.3 is 0 Å². The van der Waals surface area contributed by atoms with Gasteiger partial charge in [0, 0.05) is 0 Å². The molecule has 0 aromatic carbocycles. The summed E-state index contributed by atoms with van der Waals surface area (Å²) in [7, 11) is 0. The second-order valence-electron chi connectivity index (χ2n) is 3.38. The van der Waals surface area contributed by atoms with Crippen LogP contribution in [-0.4, -0.2) is 29.0 Å². The summed E-state index contributed by atoms with van der Waals surface area (Å²) in [6, 6.07) is 0. The summed E-state index contributed by atoms with van der Waals surface area (Å²) in [5.41, 5.74) is 0. The van der Waals surface area contributed by atoms with E-state index in [1.807, 2.05) is 0 Å². The van der Waals surface area contributed by atoms with Crippen LogP contribution in [0.2, 0.25) is 0 Å². The van der Waals surface area contributed by atoms with Crippen LogP contribution < -0.4 is 0 Å². The molecule has 0 fully saturated rings. The topological polar surface area (TPSA) is 9.23 Å². The minimum atomic E-state index is 0.565. The Bertz CT molecular complexity index is 85.9. The normalized spacial score (nSPS) is 13.2. The first-order valence-corrected chi connectivity index (χ1v) is 6.34. The molecule has 0 aliphatic carbocycles. The van der Waals surface area contributed by atoms with Gasteiger partial charge in [0.2, 0.25) is 0 Å². The SMILES string of the molecule is CCCCCC(CCCC)[O][Sn]. The fraction of sp³-hybridized carbons (Fsp3) is 1.00. The molecule has 0 spiro atoms. The Hall–Kier alpha value is 0.759. The van der Waals surface area contributed by atoms with Crippen LogP contribution >= 0.6 is 0 Å². The summed E-state index contributed by atoms with van der Waals surface area (Å²) in [5, 5.41) is 0. The van der Waals surface area contributed by atoms with E-state index in [1.165, 1.54) is 67.9 Å². The molecule has 0 aliphatic rings. The monoisotopic (exact) mass is 277 g/mol. The first-order chi connectivity index (χ1) is 5.85. The summed E-state index contributed by atoms with van der Waals surface area (Å²) in [6.45, 7) is 4.49. The molecule has 0 aliphatic heterocycles. The molecule has 3 radical (unpaired) electrons. The summed E-state index contributed by atoms with van der Waals surface area (Å²) >= 11 is 1.24. The Labute approximate surface area is 90.9 Å². The molecule has 0 rings (SSSR count). The average Bonchev–Trinajstić information content (AvgIpc) is 2.11. The van der Waals surface area contributed by atoms with Crippen LogP contribution in [0.4, 0.5) is 0 Å². The van der Waals surface area contributed by atoms with Crippen molar-refractivity contribution in [1.82, 2.24) is 0 Å². The van der Waals surface area contributed by atoms with Gasteiger partial charge in [0.1, 0.15) is 0 Å². The Kier molecular flexibility index (Phi) is 10.5. The molecule has 71 valence electrons. The molecule has 0 heterocycles. The summed E-state index contributed by atoms with van der Waals surface area (Å²) in [5.74, 6) is 0. The second-order valence-corrected chi connectivity index (χ2v) is 4.05. The van der Waals surface area contributed by atoms with Crippen LogP contribution in [0, 0.1) is 0 Å². The van der Waals surface area contributed by atoms with Crippen LogP contribution in [0.5, 0.6) is 0 Å². The summed E-state index contributed by atoms with van der Waals surface area (Å²) in [6.07, 6.45) is 9.76. The van der Waals surface area contributed by atoms with E-state index in [4.69, 9.17) is 3.07 Å². The minimum absolute atomic E-state index is 0.565. The zero-order chi connectivity index (χ0) is 9.23.